The van der Waals surface area contributed by atoms with Gasteiger partial charge in [-0.3, -0.25) is 4.79 Å². The highest BCUT2D eigenvalue weighted by molar-refractivity contribution is 7.89. The van der Waals surface area contributed by atoms with Crippen LogP contribution in [0.2, 0.25) is 0 Å². The average Bonchev–Trinajstić information content (AvgIpc) is 3.34. The maximum atomic E-state index is 13.2. The molecule has 1 aliphatic rings. The fourth-order valence-corrected chi connectivity index (χ4v) is 5.31. The molecule has 4 rings (SSSR count). The van der Waals surface area contributed by atoms with E-state index in [9.17, 15) is 13.2 Å². The summed E-state index contributed by atoms with van der Waals surface area (Å²) < 4.78 is 33.7. The summed E-state index contributed by atoms with van der Waals surface area (Å²) in [4.78, 5) is 19.6. The minimum absolute atomic E-state index is 0.0672. The Bertz CT molecular complexity index is 1170. The summed E-state index contributed by atoms with van der Waals surface area (Å²) in [6.07, 6.45) is 1.36. The molecular formula is C24H28N4O4S. The molecule has 1 unspecified atom stereocenters. The number of carbonyl (C=O) groups is 1. The molecule has 2 aromatic carbocycles. The van der Waals surface area contributed by atoms with Gasteiger partial charge in [-0.25, -0.2) is 8.42 Å². The number of rotatable bonds is 7. The first-order chi connectivity index (χ1) is 15.8. The number of benzene rings is 2. The number of carbonyl (C=O) groups excluding carboxylic acids is 1. The molecule has 0 radical (unpaired) electrons. The number of amides is 1. The number of piperidine rings is 1. The van der Waals surface area contributed by atoms with E-state index in [-0.39, 0.29) is 22.6 Å². The van der Waals surface area contributed by atoms with Crippen LogP contribution in [0.15, 0.2) is 70.1 Å². The lowest BCUT2D eigenvalue weighted by Gasteiger charge is -2.34. The average molecular weight is 469 g/mol. The van der Waals surface area contributed by atoms with Crippen molar-refractivity contribution in [1.82, 2.24) is 19.8 Å². The third kappa shape index (κ3) is 5.31. The van der Waals surface area contributed by atoms with Crippen LogP contribution in [0.3, 0.4) is 0 Å². The summed E-state index contributed by atoms with van der Waals surface area (Å²) in [6.45, 7) is 4.68. The first-order valence-corrected chi connectivity index (χ1v) is 12.6. The van der Waals surface area contributed by atoms with Crippen LogP contribution >= 0.6 is 0 Å². The molecule has 174 valence electrons. The normalized spacial score (nSPS) is 16.2. The van der Waals surface area contributed by atoms with Crippen LogP contribution in [-0.4, -0.2) is 48.5 Å². The molecule has 1 aromatic heterocycles. The molecule has 2 heterocycles. The highest BCUT2D eigenvalue weighted by Crippen LogP contribution is 2.29. The second kappa shape index (κ2) is 9.84. The second-order valence-electron chi connectivity index (χ2n) is 8.58. The molecule has 0 spiro atoms. The zero-order valence-corrected chi connectivity index (χ0v) is 19.5. The fraction of sp³-hybridized carbons (Fsp3) is 0.375. The highest BCUT2D eigenvalue weighted by atomic mass is 32.2. The van der Waals surface area contributed by atoms with Gasteiger partial charge >= 0.3 is 0 Å². The predicted molar refractivity (Wildman–Crippen MR) is 124 cm³/mol. The van der Waals surface area contributed by atoms with Crippen molar-refractivity contribution in [3.05, 3.63) is 66.6 Å². The third-order valence-corrected chi connectivity index (χ3v) is 7.35. The third-order valence-electron chi connectivity index (χ3n) is 5.90. The molecule has 1 amide bonds. The number of likely N-dealkylation sites (tertiary alicyclic amines) is 1. The van der Waals surface area contributed by atoms with Crippen LogP contribution in [0.4, 0.5) is 0 Å². The van der Waals surface area contributed by atoms with Crippen LogP contribution in [0.1, 0.15) is 38.5 Å². The largest absolute Gasteiger partial charge is 0.341 e. The quantitative estimate of drug-likeness (QED) is 0.569. The molecular weight excluding hydrogens is 440 g/mol. The van der Waals surface area contributed by atoms with Crippen molar-refractivity contribution < 1.29 is 17.7 Å². The van der Waals surface area contributed by atoms with Crippen LogP contribution in [0.25, 0.3) is 11.4 Å². The fourth-order valence-electron chi connectivity index (χ4n) is 3.96. The highest BCUT2D eigenvalue weighted by Gasteiger charge is 2.34. The number of nitrogens with one attached hydrogen (secondary N) is 1. The monoisotopic (exact) mass is 468 g/mol. The number of hydrogen-bond acceptors (Lipinski definition) is 6. The maximum absolute atomic E-state index is 13.2. The van der Waals surface area contributed by atoms with Gasteiger partial charge in [-0.1, -0.05) is 67.5 Å². The summed E-state index contributed by atoms with van der Waals surface area (Å²) >= 11 is 0. The van der Waals surface area contributed by atoms with Crippen molar-refractivity contribution in [2.24, 2.45) is 5.92 Å². The van der Waals surface area contributed by atoms with Gasteiger partial charge in [0, 0.05) is 24.6 Å². The Balaban J connectivity index is 1.40. The topological polar surface area (TPSA) is 105 Å². The van der Waals surface area contributed by atoms with Gasteiger partial charge in [0.1, 0.15) is 6.04 Å². The molecule has 1 atom stereocenters. The van der Waals surface area contributed by atoms with Gasteiger partial charge in [-0.2, -0.15) is 9.71 Å². The van der Waals surface area contributed by atoms with Gasteiger partial charge < -0.3 is 9.42 Å². The number of sulfonamides is 1. The number of nitrogens with zero attached hydrogens (tertiary/aromatic N) is 3. The van der Waals surface area contributed by atoms with E-state index < -0.39 is 16.1 Å². The summed E-state index contributed by atoms with van der Waals surface area (Å²) in [5.41, 5.74) is 0.894. The summed E-state index contributed by atoms with van der Waals surface area (Å²) in [6, 6.07) is 16.9. The van der Waals surface area contributed by atoms with Gasteiger partial charge in [-0.15, -0.1) is 0 Å². The van der Waals surface area contributed by atoms with Crippen LogP contribution < -0.4 is 4.72 Å². The Morgan fingerprint density at radius 2 is 1.64 bits per heavy atom. The van der Waals surface area contributed by atoms with E-state index in [0.29, 0.717) is 37.6 Å². The van der Waals surface area contributed by atoms with Crippen molar-refractivity contribution in [1.29, 1.82) is 0 Å². The lowest BCUT2D eigenvalue weighted by atomic mass is 9.95. The molecule has 8 nitrogen and oxygen atoms in total. The zero-order chi connectivity index (χ0) is 23.4. The standard InChI is InChI=1S/C24H28N4O4S/c1-17(2)21(27-33(30,31)20-11-7-4-8-12-20)24(29)28-15-13-19(14-16-28)23-25-22(26-32-23)18-9-5-3-6-10-18/h3-12,17,19,21,27H,13-16H2,1-2H3. The molecule has 0 aliphatic carbocycles. The van der Waals surface area contributed by atoms with E-state index in [1.54, 1.807) is 23.1 Å². The summed E-state index contributed by atoms with van der Waals surface area (Å²) in [5.74, 6) is 0.791. The van der Waals surface area contributed by atoms with Gasteiger partial charge in [0.15, 0.2) is 0 Å². The van der Waals surface area contributed by atoms with Gasteiger partial charge in [0.25, 0.3) is 0 Å². The Morgan fingerprint density at radius 3 is 2.24 bits per heavy atom. The van der Waals surface area contributed by atoms with E-state index in [0.717, 1.165) is 5.56 Å². The first kappa shape index (κ1) is 23.1. The minimum Gasteiger partial charge on any atom is -0.341 e. The predicted octanol–water partition coefficient (Wildman–Crippen LogP) is 3.45. The van der Waals surface area contributed by atoms with E-state index in [1.165, 1.54) is 12.1 Å². The van der Waals surface area contributed by atoms with E-state index in [1.807, 2.05) is 44.2 Å². The first-order valence-electron chi connectivity index (χ1n) is 11.1. The molecule has 33 heavy (non-hydrogen) atoms. The Labute approximate surface area is 194 Å². The second-order valence-corrected chi connectivity index (χ2v) is 10.3. The van der Waals surface area contributed by atoms with Crippen LogP contribution in [-0.2, 0) is 14.8 Å². The van der Waals surface area contributed by atoms with Gasteiger partial charge in [0.2, 0.25) is 27.6 Å². The van der Waals surface area contributed by atoms with Crippen LogP contribution in [0.5, 0.6) is 0 Å². The molecule has 3 aromatic rings. The molecule has 1 saturated heterocycles. The lowest BCUT2D eigenvalue weighted by Crippen LogP contribution is -2.52. The molecule has 0 bridgehead atoms. The van der Waals surface area contributed by atoms with E-state index in [4.69, 9.17) is 4.52 Å². The van der Waals surface area contributed by atoms with Crippen molar-refractivity contribution >= 4 is 15.9 Å². The van der Waals surface area contributed by atoms with Crippen LogP contribution in [0, 0.1) is 5.92 Å². The zero-order valence-electron chi connectivity index (χ0n) is 18.7. The van der Waals surface area contributed by atoms with Crippen molar-refractivity contribution in [2.75, 3.05) is 13.1 Å². The van der Waals surface area contributed by atoms with Gasteiger partial charge in [0.05, 0.1) is 4.90 Å². The maximum Gasteiger partial charge on any atom is 0.241 e. The number of hydrogen-bond donors (Lipinski definition) is 1. The molecule has 1 aliphatic heterocycles. The molecule has 9 heteroatoms. The molecule has 1 N–H and O–H groups in total. The van der Waals surface area contributed by atoms with Crippen molar-refractivity contribution in [3.8, 4) is 11.4 Å². The Hall–Kier alpha value is -3.04. The summed E-state index contributed by atoms with van der Waals surface area (Å²) in [7, 11) is -3.80. The van der Waals surface area contributed by atoms with E-state index >= 15 is 0 Å². The van der Waals surface area contributed by atoms with Crippen molar-refractivity contribution in [2.45, 2.75) is 43.5 Å². The number of aromatic nitrogens is 2. The smallest absolute Gasteiger partial charge is 0.241 e. The molecule has 1 fully saturated rings. The molecule has 0 saturated carbocycles. The Morgan fingerprint density at radius 1 is 1.03 bits per heavy atom. The summed E-state index contributed by atoms with van der Waals surface area (Å²) in [5, 5.41) is 4.09. The minimum atomic E-state index is -3.80. The lowest BCUT2D eigenvalue weighted by molar-refractivity contribution is -0.135. The Kier molecular flexibility index (Phi) is 6.90. The van der Waals surface area contributed by atoms with Crippen molar-refractivity contribution in [3.63, 3.8) is 0 Å². The SMILES string of the molecule is CC(C)C(NS(=O)(=O)c1ccccc1)C(=O)N1CCC(c2nc(-c3ccccc3)no2)CC1. The van der Waals surface area contributed by atoms with Gasteiger partial charge in [-0.05, 0) is 30.9 Å². The van der Waals surface area contributed by atoms with E-state index in [2.05, 4.69) is 14.9 Å².